The van der Waals surface area contributed by atoms with Gasteiger partial charge in [0.05, 0.1) is 4.47 Å². The van der Waals surface area contributed by atoms with Gasteiger partial charge in [-0.3, -0.25) is 0 Å². The maximum atomic E-state index is 13.2. The summed E-state index contributed by atoms with van der Waals surface area (Å²) in [4.78, 5) is 13.2. The van der Waals surface area contributed by atoms with E-state index in [9.17, 15) is 9.18 Å². The minimum atomic E-state index is -0.319. The smallest absolute Gasteiger partial charge is 0.319 e. The fourth-order valence-electron chi connectivity index (χ4n) is 2.71. The van der Waals surface area contributed by atoms with Gasteiger partial charge in [0.1, 0.15) is 5.82 Å². The lowest BCUT2D eigenvalue weighted by Gasteiger charge is -2.25. The van der Waals surface area contributed by atoms with Crippen molar-refractivity contribution in [1.29, 1.82) is 0 Å². The first kappa shape index (κ1) is 19.2. The molecule has 0 radical (unpaired) electrons. The molecule has 2 amide bonds. The average molecular weight is 438 g/mol. The molecule has 138 valence electrons. The minimum Gasteiger partial charge on any atom is -0.334 e. The summed E-state index contributed by atoms with van der Waals surface area (Å²) < 4.78 is 16.0. The quantitative estimate of drug-likeness (QED) is 0.615. The molecule has 0 spiro atoms. The van der Waals surface area contributed by atoms with Gasteiger partial charge in [0, 0.05) is 30.2 Å². The van der Waals surface area contributed by atoms with Gasteiger partial charge in [0.15, 0.2) is 0 Å². The van der Waals surface area contributed by atoms with Gasteiger partial charge >= 0.3 is 6.03 Å². The molecule has 1 saturated heterocycles. The zero-order valence-electron chi connectivity index (χ0n) is 14.3. The van der Waals surface area contributed by atoms with Crippen molar-refractivity contribution in [3.8, 4) is 0 Å². The molecule has 2 aromatic rings. The number of piperidine rings is 1. The highest BCUT2D eigenvalue weighted by Gasteiger charge is 2.11. The summed E-state index contributed by atoms with van der Waals surface area (Å²) in [7, 11) is 0. The molecule has 0 atom stereocenters. The zero-order valence-corrected chi connectivity index (χ0v) is 16.7. The normalized spacial score (nSPS) is 14.8. The number of rotatable bonds is 5. The Kier molecular flexibility index (Phi) is 6.93. The largest absolute Gasteiger partial charge is 0.334 e. The molecule has 2 N–H and O–H groups in total. The lowest BCUT2D eigenvalue weighted by molar-refractivity contribution is 0.251. The summed E-state index contributed by atoms with van der Waals surface area (Å²) >= 11 is 4.91. The number of nitrogens with one attached hydrogen (secondary N) is 2. The van der Waals surface area contributed by atoms with Gasteiger partial charge in [-0.05, 0) is 82.7 Å². The molecule has 3 rings (SSSR count). The van der Waals surface area contributed by atoms with E-state index in [4.69, 9.17) is 0 Å². The Labute approximate surface area is 165 Å². The van der Waals surface area contributed by atoms with Gasteiger partial charge in [-0.15, -0.1) is 0 Å². The van der Waals surface area contributed by atoms with Crippen molar-refractivity contribution in [1.82, 2.24) is 9.62 Å². The topological polar surface area (TPSA) is 44.4 Å². The minimum absolute atomic E-state index is 0.290. The number of anilines is 1. The van der Waals surface area contributed by atoms with E-state index >= 15 is 0 Å². The Morgan fingerprint density at radius 3 is 2.54 bits per heavy atom. The molecule has 0 saturated carbocycles. The van der Waals surface area contributed by atoms with Crippen LogP contribution < -0.4 is 10.6 Å². The number of hydrogen-bond acceptors (Lipinski definition) is 3. The Bertz CT molecular complexity index is 751. The third kappa shape index (κ3) is 5.72. The van der Waals surface area contributed by atoms with Crippen LogP contribution in [0.4, 0.5) is 14.9 Å². The van der Waals surface area contributed by atoms with E-state index < -0.39 is 0 Å². The Morgan fingerprint density at radius 1 is 1.12 bits per heavy atom. The predicted octanol–water partition coefficient (Wildman–Crippen LogP) is 5.40. The molecule has 1 aliphatic heterocycles. The van der Waals surface area contributed by atoms with E-state index in [2.05, 4.69) is 30.9 Å². The summed E-state index contributed by atoms with van der Waals surface area (Å²) in [5.74, 6) is -0.319. The van der Waals surface area contributed by atoms with Crippen molar-refractivity contribution in [2.75, 3.05) is 18.4 Å². The van der Waals surface area contributed by atoms with Gasteiger partial charge in [0.2, 0.25) is 0 Å². The van der Waals surface area contributed by atoms with Crippen molar-refractivity contribution in [3.63, 3.8) is 0 Å². The number of halogens is 2. The summed E-state index contributed by atoms with van der Waals surface area (Å²) in [6.07, 6.45) is 3.85. The van der Waals surface area contributed by atoms with Crippen LogP contribution in [0, 0.1) is 5.82 Å². The second kappa shape index (κ2) is 9.39. The SMILES string of the molecule is O=C(NCc1ccc(F)c(Br)c1)Nc1ccc(SN2CCCCC2)cc1. The van der Waals surface area contributed by atoms with Crippen LogP contribution in [-0.2, 0) is 6.54 Å². The highest BCUT2D eigenvalue weighted by Crippen LogP contribution is 2.27. The summed E-state index contributed by atoms with van der Waals surface area (Å²) in [6, 6.07) is 12.2. The van der Waals surface area contributed by atoms with Gasteiger partial charge in [-0.25, -0.2) is 13.5 Å². The lowest BCUT2D eigenvalue weighted by atomic mass is 10.2. The van der Waals surface area contributed by atoms with Crippen molar-refractivity contribution in [3.05, 3.63) is 58.3 Å². The fourth-order valence-corrected chi connectivity index (χ4v) is 4.13. The first-order valence-corrected chi connectivity index (χ1v) is 10.2. The van der Waals surface area contributed by atoms with Gasteiger partial charge in [-0.1, -0.05) is 12.5 Å². The van der Waals surface area contributed by atoms with Crippen LogP contribution in [-0.4, -0.2) is 23.4 Å². The molecule has 0 aromatic heterocycles. The first-order valence-electron chi connectivity index (χ1n) is 8.62. The number of hydrogen-bond donors (Lipinski definition) is 2. The van der Waals surface area contributed by atoms with E-state index in [0.717, 1.165) is 24.3 Å². The van der Waals surface area contributed by atoms with E-state index in [1.807, 2.05) is 24.3 Å². The van der Waals surface area contributed by atoms with Gasteiger partial charge < -0.3 is 10.6 Å². The molecule has 0 bridgehead atoms. The van der Waals surface area contributed by atoms with Gasteiger partial charge in [-0.2, -0.15) is 0 Å². The molecule has 4 nitrogen and oxygen atoms in total. The number of amides is 2. The Morgan fingerprint density at radius 2 is 1.85 bits per heavy atom. The van der Waals surface area contributed by atoms with Crippen molar-refractivity contribution >= 4 is 39.6 Å². The molecule has 1 heterocycles. The predicted molar refractivity (Wildman–Crippen MR) is 108 cm³/mol. The maximum absolute atomic E-state index is 13.2. The van der Waals surface area contributed by atoms with Crippen LogP contribution in [0.25, 0.3) is 0 Å². The molecular formula is C19H21BrFN3OS. The van der Waals surface area contributed by atoms with Crippen molar-refractivity contribution in [2.24, 2.45) is 0 Å². The maximum Gasteiger partial charge on any atom is 0.319 e. The second-order valence-corrected chi connectivity index (χ2v) is 8.19. The zero-order chi connectivity index (χ0) is 18.4. The molecular weight excluding hydrogens is 417 g/mol. The van der Waals surface area contributed by atoms with Crippen LogP contribution in [0.2, 0.25) is 0 Å². The number of nitrogens with zero attached hydrogens (tertiary/aromatic N) is 1. The average Bonchev–Trinajstić information content (AvgIpc) is 2.65. The van der Waals surface area contributed by atoms with E-state index in [-0.39, 0.29) is 11.8 Å². The van der Waals surface area contributed by atoms with Crippen molar-refractivity contribution < 1.29 is 9.18 Å². The number of urea groups is 1. The number of carbonyl (C=O) groups is 1. The van der Waals surface area contributed by atoms with Crippen LogP contribution in [0.1, 0.15) is 24.8 Å². The fraction of sp³-hybridized carbons (Fsp3) is 0.316. The van der Waals surface area contributed by atoms with Crippen LogP contribution >= 0.6 is 27.9 Å². The molecule has 0 aliphatic carbocycles. The van der Waals surface area contributed by atoms with E-state index in [1.54, 1.807) is 24.1 Å². The van der Waals surface area contributed by atoms with Gasteiger partial charge in [0.25, 0.3) is 0 Å². The monoisotopic (exact) mass is 437 g/mol. The standard InChI is InChI=1S/C19H21BrFN3OS/c20-17-12-14(4-9-18(17)21)13-22-19(25)23-15-5-7-16(8-6-15)26-24-10-2-1-3-11-24/h4-9,12H,1-3,10-11,13H2,(H2,22,23,25). The molecule has 1 fully saturated rings. The lowest BCUT2D eigenvalue weighted by Crippen LogP contribution is -2.28. The third-order valence-corrected chi connectivity index (χ3v) is 5.81. The molecule has 7 heteroatoms. The van der Waals surface area contributed by atoms with Crippen LogP contribution in [0.3, 0.4) is 0 Å². The summed E-state index contributed by atoms with van der Waals surface area (Å²) in [5, 5.41) is 5.58. The van der Waals surface area contributed by atoms with Crippen LogP contribution in [0.5, 0.6) is 0 Å². The molecule has 0 unspecified atom stereocenters. The molecule has 26 heavy (non-hydrogen) atoms. The second-order valence-electron chi connectivity index (χ2n) is 6.16. The highest BCUT2D eigenvalue weighted by atomic mass is 79.9. The Hall–Kier alpha value is -1.57. The highest BCUT2D eigenvalue weighted by molar-refractivity contribution is 9.10. The van der Waals surface area contributed by atoms with E-state index in [1.165, 1.54) is 30.2 Å². The summed E-state index contributed by atoms with van der Waals surface area (Å²) in [6.45, 7) is 2.59. The first-order chi connectivity index (χ1) is 12.6. The number of benzene rings is 2. The summed E-state index contributed by atoms with van der Waals surface area (Å²) in [5.41, 5.74) is 1.56. The molecule has 2 aromatic carbocycles. The van der Waals surface area contributed by atoms with Crippen molar-refractivity contribution in [2.45, 2.75) is 30.7 Å². The van der Waals surface area contributed by atoms with E-state index in [0.29, 0.717) is 11.0 Å². The molecule has 1 aliphatic rings. The number of carbonyl (C=O) groups excluding carboxylic acids is 1. The van der Waals surface area contributed by atoms with Crippen LogP contribution in [0.15, 0.2) is 51.8 Å². The Balaban J connectivity index is 1.47. The third-order valence-electron chi connectivity index (χ3n) is 4.10.